The second-order valence-corrected chi connectivity index (χ2v) is 4.57. The van der Waals surface area contributed by atoms with Crippen LogP contribution in [0.15, 0.2) is 48.5 Å². The number of ether oxygens (including phenoxy) is 4. The Kier molecular flexibility index (Phi) is 6.48. The molecule has 0 unspecified atom stereocenters. The van der Waals surface area contributed by atoms with Gasteiger partial charge in [-0.3, -0.25) is 0 Å². The van der Waals surface area contributed by atoms with E-state index in [9.17, 15) is 0 Å². The topological polar surface area (TPSA) is 36.9 Å². The van der Waals surface area contributed by atoms with E-state index in [2.05, 4.69) is 0 Å². The van der Waals surface area contributed by atoms with Crippen molar-refractivity contribution in [2.75, 3.05) is 27.8 Å². The minimum Gasteiger partial charge on any atom is -0.468 e. The van der Waals surface area contributed by atoms with Crippen molar-refractivity contribution in [1.29, 1.82) is 0 Å². The van der Waals surface area contributed by atoms with Gasteiger partial charge in [-0.25, -0.2) is 0 Å². The fourth-order valence-corrected chi connectivity index (χ4v) is 1.80. The normalized spacial score (nSPS) is 10.8. The Morgan fingerprint density at radius 1 is 0.636 bits per heavy atom. The molecule has 0 aliphatic rings. The average Bonchev–Trinajstić information content (AvgIpc) is 2.58. The molecule has 116 valence electrons. The molecule has 2 aromatic rings. The third-order valence-electron chi connectivity index (χ3n) is 2.92. The Morgan fingerprint density at radius 2 is 1.00 bits per heavy atom. The summed E-state index contributed by atoms with van der Waals surface area (Å²) in [5.41, 5.74) is 2.20. The molecular weight excluding hydrogens is 280 g/mol. The molecule has 0 bridgehead atoms. The van der Waals surface area contributed by atoms with Crippen molar-refractivity contribution in [1.82, 2.24) is 0 Å². The summed E-state index contributed by atoms with van der Waals surface area (Å²) >= 11 is 0. The van der Waals surface area contributed by atoms with Crippen LogP contribution in [-0.4, -0.2) is 27.8 Å². The van der Waals surface area contributed by atoms with Crippen LogP contribution in [0, 0.1) is 0 Å². The molecule has 0 aliphatic heterocycles. The third kappa shape index (κ3) is 5.24. The van der Waals surface area contributed by atoms with Crippen LogP contribution < -0.4 is 9.47 Å². The lowest BCUT2D eigenvalue weighted by atomic mass is 10.1. The number of methoxy groups -OCH3 is 2. The molecule has 0 radical (unpaired) electrons. The van der Waals surface area contributed by atoms with Crippen LogP contribution in [0.4, 0.5) is 0 Å². The molecule has 4 nitrogen and oxygen atoms in total. The molecule has 0 saturated heterocycles. The van der Waals surface area contributed by atoms with E-state index in [1.54, 1.807) is 14.2 Å². The molecule has 4 heteroatoms. The first kappa shape index (κ1) is 16.1. The van der Waals surface area contributed by atoms with Gasteiger partial charge in [0.15, 0.2) is 13.6 Å². The van der Waals surface area contributed by atoms with Gasteiger partial charge in [0.1, 0.15) is 11.5 Å². The Balaban J connectivity index is 1.93. The summed E-state index contributed by atoms with van der Waals surface area (Å²) in [6.45, 7) is 0.513. The lowest BCUT2D eigenvalue weighted by molar-refractivity contribution is 0.0509. The second kappa shape index (κ2) is 8.87. The summed E-state index contributed by atoms with van der Waals surface area (Å²) in [7, 11) is 3.20. The largest absolute Gasteiger partial charge is 0.468 e. The minimum absolute atomic E-state index is 0.257. The van der Waals surface area contributed by atoms with E-state index < -0.39 is 0 Å². The third-order valence-corrected chi connectivity index (χ3v) is 2.92. The maximum Gasteiger partial charge on any atom is 0.188 e. The highest BCUT2D eigenvalue weighted by molar-refractivity contribution is 5.70. The zero-order valence-electron chi connectivity index (χ0n) is 12.8. The second-order valence-electron chi connectivity index (χ2n) is 4.57. The molecule has 0 aliphatic carbocycles. The van der Waals surface area contributed by atoms with Crippen LogP contribution >= 0.6 is 0 Å². The van der Waals surface area contributed by atoms with Gasteiger partial charge in [-0.1, -0.05) is 36.4 Å². The van der Waals surface area contributed by atoms with Gasteiger partial charge in [-0.05, 0) is 35.4 Å². The number of rotatable bonds is 8. The van der Waals surface area contributed by atoms with E-state index >= 15 is 0 Å². The average molecular weight is 300 g/mol. The Hall–Kier alpha value is -2.30. The molecule has 0 amide bonds. The smallest absolute Gasteiger partial charge is 0.188 e. The van der Waals surface area contributed by atoms with E-state index in [1.807, 2.05) is 60.7 Å². The van der Waals surface area contributed by atoms with Gasteiger partial charge in [-0.15, -0.1) is 0 Å². The fourth-order valence-electron chi connectivity index (χ4n) is 1.80. The molecular formula is C18H20O4. The van der Waals surface area contributed by atoms with Crippen molar-refractivity contribution >= 4 is 12.2 Å². The molecule has 0 saturated carbocycles. The Labute approximate surface area is 130 Å². The van der Waals surface area contributed by atoms with E-state index in [4.69, 9.17) is 18.9 Å². The highest BCUT2D eigenvalue weighted by Gasteiger charge is 1.94. The molecule has 0 heterocycles. The quantitative estimate of drug-likeness (QED) is 0.548. The maximum absolute atomic E-state index is 5.35. The van der Waals surface area contributed by atoms with Gasteiger partial charge in [0.05, 0.1) is 0 Å². The van der Waals surface area contributed by atoms with Crippen LogP contribution in [0.5, 0.6) is 11.5 Å². The predicted molar refractivity (Wildman–Crippen MR) is 86.8 cm³/mol. The highest BCUT2D eigenvalue weighted by atomic mass is 16.7. The zero-order chi connectivity index (χ0) is 15.6. The number of hydrogen-bond acceptors (Lipinski definition) is 4. The Morgan fingerprint density at radius 3 is 1.32 bits per heavy atom. The van der Waals surface area contributed by atoms with Crippen molar-refractivity contribution in [3.63, 3.8) is 0 Å². The van der Waals surface area contributed by atoms with Crippen molar-refractivity contribution in [2.45, 2.75) is 0 Å². The fraction of sp³-hybridized carbons (Fsp3) is 0.222. The molecule has 0 fully saturated rings. The monoisotopic (exact) mass is 300 g/mol. The van der Waals surface area contributed by atoms with Crippen molar-refractivity contribution in [2.24, 2.45) is 0 Å². The van der Waals surface area contributed by atoms with Gasteiger partial charge in [-0.2, -0.15) is 0 Å². The van der Waals surface area contributed by atoms with Crippen LogP contribution in [-0.2, 0) is 9.47 Å². The molecule has 22 heavy (non-hydrogen) atoms. The number of benzene rings is 2. The van der Waals surface area contributed by atoms with Gasteiger partial charge in [0.2, 0.25) is 0 Å². The van der Waals surface area contributed by atoms with Crippen molar-refractivity contribution in [3.8, 4) is 11.5 Å². The number of hydrogen-bond donors (Lipinski definition) is 0. The Bertz CT molecular complexity index is 520. The van der Waals surface area contributed by atoms with E-state index in [-0.39, 0.29) is 13.6 Å². The van der Waals surface area contributed by atoms with Crippen LogP contribution in [0.3, 0.4) is 0 Å². The summed E-state index contributed by atoms with van der Waals surface area (Å²) in [6.07, 6.45) is 4.09. The van der Waals surface area contributed by atoms with Gasteiger partial charge >= 0.3 is 0 Å². The molecule has 2 rings (SSSR count). The van der Waals surface area contributed by atoms with Crippen molar-refractivity contribution in [3.05, 3.63) is 59.7 Å². The van der Waals surface area contributed by atoms with Crippen molar-refractivity contribution < 1.29 is 18.9 Å². The predicted octanol–water partition coefficient (Wildman–Crippen LogP) is 3.82. The standard InChI is InChI=1S/C18H20O4/c1-19-13-21-17-9-5-15(6-10-17)3-4-16-7-11-18(12-8-16)22-14-20-2/h3-12H,13-14H2,1-2H3. The van der Waals surface area contributed by atoms with Crippen LogP contribution in [0.2, 0.25) is 0 Å². The first-order valence-corrected chi connectivity index (χ1v) is 6.93. The maximum atomic E-state index is 5.35. The first-order valence-electron chi connectivity index (χ1n) is 6.93. The zero-order valence-corrected chi connectivity index (χ0v) is 12.8. The van der Waals surface area contributed by atoms with Gasteiger partial charge < -0.3 is 18.9 Å². The van der Waals surface area contributed by atoms with E-state index in [0.717, 1.165) is 22.6 Å². The van der Waals surface area contributed by atoms with Gasteiger partial charge in [0, 0.05) is 14.2 Å². The lowest BCUT2D eigenvalue weighted by Gasteiger charge is -2.05. The summed E-state index contributed by atoms with van der Waals surface area (Å²) in [6, 6.07) is 15.7. The molecule has 0 N–H and O–H groups in total. The van der Waals surface area contributed by atoms with E-state index in [0.29, 0.717) is 0 Å². The first-order chi connectivity index (χ1) is 10.8. The summed E-state index contributed by atoms with van der Waals surface area (Å²) < 4.78 is 20.4. The summed E-state index contributed by atoms with van der Waals surface area (Å²) in [4.78, 5) is 0. The summed E-state index contributed by atoms with van der Waals surface area (Å²) in [5, 5.41) is 0. The molecule has 0 atom stereocenters. The van der Waals surface area contributed by atoms with Gasteiger partial charge in [0.25, 0.3) is 0 Å². The molecule has 0 spiro atoms. The lowest BCUT2D eigenvalue weighted by Crippen LogP contribution is -1.98. The molecule has 2 aromatic carbocycles. The van der Waals surface area contributed by atoms with Crippen LogP contribution in [0.1, 0.15) is 11.1 Å². The van der Waals surface area contributed by atoms with E-state index in [1.165, 1.54) is 0 Å². The molecule has 0 aromatic heterocycles. The highest BCUT2D eigenvalue weighted by Crippen LogP contribution is 2.16. The summed E-state index contributed by atoms with van der Waals surface area (Å²) in [5.74, 6) is 1.58. The minimum atomic E-state index is 0.257. The SMILES string of the molecule is COCOc1ccc(C=Cc2ccc(OCOC)cc2)cc1. The van der Waals surface area contributed by atoms with Crippen LogP contribution in [0.25, 0.3) is 12.2 Å².